The summed E-state index contributed by atoms with van der Waals surface area (Å²) >= 11 is 0. The average Bonchev–Trinajstić information content (AvgIpc) is 3.18. The van der Waals surface area contributed by atoms with Crippen LogP contribution in [0.15, 0.2) is 30.3 Å². The van der Waals surface area contributed by atoms with E-state index >= 15 is 0 Å². The first-order valence-corrected chi connectivity index (χ1v) is 15.5. The molecule has 206 valence electrons. The van der Waals surface area contributed by atoms with Gasteiger partial charge in [-0.15, -0.1) is 0 Å². The summed E-state index contributed by atoms with van der Waals surface area (Å²) in [6.07, 6.45) is 2.41. The van der Waals surface area contributed by atoms with Crippen LogP contribution in [0.25, 0.3) is 0 Å². The minimum Gasteiger partial charge on any atom is -0.493 e. The van der Waals surface area contributed by atoms with Crippen molar-refractivity contribution in [3.63, 3.8) is 0 Å². The molecule has 2 atom stereocenters. The predicted octanol–water partition coefficient (Wildman–Crippen LogP) is 3.59. The maximum absolute atomic E-state index is 11.9. The summed E-state index contributed by atoms with van der Waals surface area (Å²) in [6, 6.07) is 9.20. The number of aryl methyl sites for hydroxylation is 1. The van der Waals surface area contributed by atoms with Gasteiger partial charge in [-0.05, 0) is 56.0 Å². The second kappa shape index (κ2) is 12.3. The number of rotatable bonds is 14. The lowest BCUT2D eigenvalue weighted by molar-refractivity contribution is 0.166. The van der Waals surface area contributed by atoms with E-state index in [2.05, 4.69) is 0 Å². The van der Waals surface area contributed by atoms with Crippen LogP contribution in [0.2, 0.25) is 0 Å². The van der Waals surface area contributed by atoms with Crippen molar-refractivity contribution >= 4 is 20.2 Å². The van der Waals surface area contributed by atoms with Gasteiger partial charge in [-0.3, -0.25) is 8.37 Å². The zero-order chi connectivity index (χ0) is 27.2. The van der Waals surface area contributed by atoms with Gasteiger partial charge in [-0.1, -0.05) is 12.1 Å². The molecule has 0 aromatic heterocycles. The highest BCUT2D eigenvalue weighted by Crippen LogP contribution is 2.52. The Kier molecular flexibility index (Phi) is 9.68. The summed E-state index contributed by atoms with van der Waals surface area (Å²) in [7, 11) is -5.68. The lowest BCUT2D eigenvalue weighted by atomic mass is 9.90. The van der Waals surface area contributed by atoms with Crippen LogP contribution >= 0.6 is 0 Å². The van der Waals surface area contributed by atoms with Crippen LogP contribution in [0.3, 0.4) is 0 Å². The molecule has 0 spiro atoms. The van der Waals surface area contributed by atoms with Crippen molar-refractivity contribution in [1.29, 1.82) is 0 Å². The first-order valence-electron chi connectivity index (χ1n) is 11.9. The molecule has 1 heterocycles. The van der Waals surface area contributed by atoms with E-state index in [9.17, 15) is 16.8 Å². The highest BCUT2D eigenvalue weighted by atomic mass is 32.2. The van der Waals surface area contributed by atoms with Crippen LogP contribution in [0.5, 0.6) is 23.0 Å². The molecule has 37 heavy (non-hydrogen) atoms. The van der Waals surface area contributed by atoms with Gasteiger partial charge >= 0.3 is 0 Å². The summed E-state index contributed by atoms with van der Waals surface area (Å²) in [4.78, 5) is 0. The van der Waals surface area contributed by atoms with Crippen LogP contribution in [0.4, 0.5) is 0 Å². The third-order valence-corrected chi connectivity index (χ3v) is 6.80. The smallest absolute Gasteiger partial charge is 0.264 e. The third-order valence-electron chi connectivity index (χ3n) is 5.64. The van der Waals surface area contributed by atoms with E-state index in [1.165, 1.54) is 0 Å². The van der Waals surface area contributed by atoms with E-state index in [1.807, 2.05) is 38.1 Å². The molecule has 0 fully saturated rings. The Morgan fingerprint density at radius 2 is 1.54 bits per heavy atom. The van der Waals surface area contributed by atoms with E-state index in [0.29, 0.717) is 49.1 Å². The van der Waals surface area contributed by atoms with Gasteiger partial charge in [0.2, 0.25) is 0 Å². The summed E-state index contributed by atoms with van der Waals surface area (Å²) in [6.45, 7) is 4.46. The molecule has 1 aliphatic heterocycles. The van der Waals surface area contributed by atoms with Gasteiger partial charge in [0.05, 0.1) is 52.0 Å². The van der Waals surface area contributed by atoms with E-state index in [1.54, 1.807) is 13.2 Å². The molecule has 0 aliphatic carbocycles. The van der Waals surface area contributed by atoms with Crippen LogP contribution in [0.1, 0.15) is 49.0 Å². The van der Waals surface area contributed by atoms with Crippen molar-refractivity contribution in [3.05, 3.63) is 47.0 Å². The van der Waals surface area contributed by atoms with Gasteiger partial charge in [0.25, 0.3) is 20.2 Å². The molecule has 2 aromatic carbocycles. The third kappa shape index (κ3) is 7.97. The molecule has 0 bridgehead atoms. The fourth-order valence-corrected chi connectivity index (χ4v) is 4.98. The number of hydrogen-bond acceptors (Lipinski definition) is 10. The number of methoxy groups -OCH3 is 1. The highest BCUT2D eigenvalue weighted by molar-refractivity contribution is 7.86. The van der Waals surface area contributed by atoms with E-state index < -0.39 is 32.3 Å². The van der Waals surface area contributed by atoms with Crippen LogP contribution in [-0.2, 0) is 35.0 Å². The van der Waals surface area contributed by atoms with Crippen LogP contribution < -0.4 is 18.9 Å². The molecule has 2 aromatic rings. The molecule has 2 unspecified atom stereocenters. The van der Waals surface area contributed by atoms with Crippen LogP contribution in [0, 0.1) is 0 Å². The van der Waals surface area contributed by atoms with Crippen molar-refractivity contribution in [2.75, 3.05) is 46.0 Å². The maximum atomic E-state index is 11.9. The lowest BCUT2D eigenvalue weighted by Crippen LogP contribution is -2.18. The second-order valence-corrected chi connectivity index (χ2v) is 11.8. The zero-order valence-corrected chi connectivity index (χ0v) is 23.3. The topological polar surface area (TPSA) is 124 Å². The summed E-state index contributed by atoms with van der Waals surface area (Å²) in [5.74, 6) is 1.67. The van der Waals surface area contributed by atoms with Gasteiger partial charge in [0.15, 0.2) is 23.0 Å². The summed E-state index contributed by atoms with van der Waals surface area (Å²) in [5, 5.41) is 0. The molecular formula is C25H34O10S2. The Morgan fingerprint density at radius 1 is 0.865 bits per heavy atom. The van der Waals surface area contributed by atoms with Gasteiger partial charge in [0, 0.05) is 5.56 Å². The Morgan fingerprint density at radius 3 is 2.16 bits per heavy atom. The zero-order valence-electron chi connectivity index (χ0n) is 21.7. The number of fused-ring (bicyclic) bond motifs is 1. The van der Waals surface area contributed by atoms with E-state index in [-0.39, 0.29) is 13.2 Å². The molecule has 1 aliphatic rings. The summed E-state index contributed by atoms with van der Waals surface area (Å²) in [5.41, 5.74) is 2.37. The highest BCUT2D eigenvalue weighted by Gasteiger charge is 2.39. The first kappa shape index (κ1) is 29.0. The predicted molar refractivity (Wildman–Crippen MR) is 138 cm³/mol. The van der Waals surface area contributed by atoms with Crippen molar-refractivity contribution in [2.45, 2.75) is 38.7 Å². The largest absolute Gasteiger partial charge is 0.493 e. The molecule has 0 N–H and O–H groups in total. The van der Waals surface area contributed by atoms with E-state index in [0.717, 1.165) is 29.2 Å². The van der Waals surface area contributed by atoms with Crippen molar-refractivity contribution in [3.8, 4) is 23.0 Å². The molecule has 10 nitrogen and oxygen atoms in total. The number of ether oxygens (including phenoxy) is 4. The lowest BCUT2D eigenvalue weighted by Gasteiger charge is -2.20. The minimum absolute atomic E-state index is 0.0473. The Labute approximate surface area is 219 Å². The molecule has 12 heteroatoms. The summed E-state index contributed by atoms with van der Waals surface area (Å²) < 4.78 is 79.7. The van der Waals surface area contributed by atoms with Gasteiger partial charge in [-0.2, -0.15) is 16.8 Å². The average molecular weight is 559 g/mol. The quantitative estimate of drug-likeness (QED) is 0.251. The van der Waals surface area contributed by atoms with E-state index in [4.69, 9.17) is 27.3 Å². The number of hydrogen-bond donors (Lipinski definition) is 0. The normalized spacial score (nSPS) is 17.2. The SMILES string of the molecule is CCOc1cc(C2Oc3c(OCC)cc(CCCOS(C)(=O)=O)cc3C2COS(C)(=O)=O)ccc1OC. The van der Waals surface area contributed by atoms with Gasteiger partial charge < -0.3 is 18.9 Å². The van der Waals surface area contributed by atoms with Gasteiger partial charge in [0.1, 0.15) is 6.10 Å². The van der Waals surface area contributed by atoms with Gasteiger partial charge in [-0.25, -0.2) is 0 Å². The molecule has 3 rings (SSSR count). The molecular weight excluding hydrogens is 524 g/mol. The molecule has 0 amide bonds. The number of benzene rings is 2. The Bertz CT molecular complexity index is 1290. The van der Waals surface area contributed by atoms with Crippen LogP contribution in [-0.4, -0.2) is 62.9 Å². The monoisotopic (exact) mass is 558 g/mol. The molecule has 0 saturated heterocycles. The van der Waals surface area contributed by atoms with Crippen molar-refractivity contribution in [2.24, 2.45) is 0 Å². The van der Waals surface area contributed by atoms with Crippen molar-refractivity contribution < 1.29 is 44.1 Å². The molecule has 0 saturated carbocycles. The minimum atomic E-state index is -3.71. The molecule has 0 radical (unpaired) electrons. The fourth-order valence-electron chi connectivity index (χ4n) is 4.16. The first-order chi connectivity index (χ1) is 17.5. The maximum Gasteiger partial charge on any atom is 0.264 e. The Balaban J connectivity index is 2.00. The fraction of sp³-hybridized carbons (Fsp3) is 0.520. The van der Waals surface area contributed by atoms with Crippen molar-refractivity contribution in [1.82, 2.24) is 0 Å². The second-order valence-electron chi connectivity index (χ2n) is 8.55. The standard InChI is InChI=1S/C25H34O10S2/c1-6-31-22-15-18(10-11-21(22)30-3)24-20(16-34-37(5,28)29)19-13-17(9-8-12-33-36(4,26)27)14-23(32-7-2)25(19)35-24/h10-11,13-15,20,24H,6-9,12,16H2,1-5H3. The Hall–Kier alpha value is -2.54.